The molecule has 0 aliphatic carbocycles. The second kappa shape index (κ2) is 8.28. The molecule has 0 bridgehead atoms. The van der Waals surface area contributed by atoms with Crippen LogP contribution >= 0.6 is 11.6 Å². The van der Waals surface area contributed by atoms with Crippen molar-refractivity contribution in [3.05, 3.63) is 34.9 Å². The molecule has 0 radical (unpaired) electrons. The van der Waals surface area contributed by atoms with Gasteiger partial charge in [0.1, 0.15) is 6.04 Å². The lowest BCUT2D eigenvalue weighted by Crippen LogP contribution is -2.44. The van der Waals surface area contributed by atoms with E-state index < -0.39 is 0 Å². The van der Waals surface area contributed by atoms with E-state index in [4.69, 9.17) is 16.3 Å². The fraction of sp³-hybridized carbons (Fsp3) is 0.562. The molecule has 2 atom stereocenters. The fourth-order valence-corrected chi connectivity index (χ4v) is 2.35. The van der Waals surface area contributed by atoms with Crippen LogP contribution in [0.25, 0.3) is 0 Å². The number of hydrogen-bond donors (Lipinski definition) is 1. The maximum absolute atomic E-state index is 11.8. The highest BCUT2D eigenvalue weighted by atomic mass is 35.5. The highest BCUT2D eigenvalue weighted by Gasteiger charge is 2.22. The number of nitrogens with one attached hydrogen (secondary N) is 1. The zero-order valence-electron chi connectivity index (χ0n) is 12.7. The van der Waals surface area contributed by atoms with Crippen LogP contribution in [0.2, 0.25) is 5.02 Å². The van der Waals surface area contributed by atoms with Crippen molar-refractivity contribution < 1.29 is 9.53 Å². The summed E-state index contributed by atoms with van der Waals surface area (Å²) in [5, 5.41) is 4.09. The van der Waals surface area contributed by atoms with Crippen LogP contribution in [0, 0.1) is 5.92 Å². The minimum atomic E-state index is -0.248. The van der Waals surface area contributed by atoms with E-state index in [1.165, 1.54) is 12.7 Å². The summed E-state index contributed by atoms with van der Waals surface area (Å²) >= 11 is 5.87. The largest absolute Gasteiger partial charge is 0.468 e. The molecule has 1 aromatic rings. The molecule has 20 heavy (non-hydrogen) atoms. The molecule has 0 amide bonds. The van der Waals surface area contributed by atoms with Gasteiger partial charge in [-0.25, -0.2) is 0 Å². The van der Waals surface area contributed by atoms with Crippen LogP contribution in [-0.4, -0.2) is 25.2 Å². The zero-order chi connectivity index (χ0) is 15.1. The lowest BCUT2D eigenvalue weighted by molar-refractivity contribution is -0.143. The molecular weight excluding hydrogens is 274 g/mol. The molecule has 0 saturated carbocycles. The van der Waals surface area contributed by atoms with Gasteiger partial charge in [-0.2, -0.15) is 0 Å². The van der Waals surface area contributed by atoms with Gasteiger partial charge in [0.2, 0.25) is 0 Å². The first-order chi connectivity index (χ1) is 9.42. The van der Waals surface area contributed by atoms with E-state index in [0.29, 0.717) is 5.92 Å². The van der Waals surface area contributed by atoms with Gasteiger partial charge in [-0.1, -0.05) is 37.6 Å². The Morgan fingerprint density at radius 2 is 1.85 bits per heavy atom. The maximum Gasteiger partial charge on any atom is 0.322 e. The monoisotopic (exact) mass is 297 g/mol. The lowest BCUT2D eigenvalue weighted by Gasteiger charge is -2.23. The van der Waals surface area contributed by atoms with Crippen molar-refractivity contribution >= 4 is 17.6 Å². The van der Waals surface area contributed by atoms with E-state index in [-0.39, 0.29) is 18.1 Å². The Kier molecular flexibility index (Phi) is 7.03. The molecule has 1 N–H and O–H groups in total. The number of methoxy groups -OCH3 is 1. The second-order valence-corrected chi connectivity index (χ2v) is 6.04. The molecule has 0 saturated heterocycles. The summed E-state index contributed by atoms with van der Waals surface area (Å²) in [4.78, 5) is 11.8. The molecule has 0 aromatic heterocycles. The number of hydrogen-bond acceptors (Lipinski definition) is 3. The van der Waals surface area contributed by atoms with Crippen LogP contribution < -0.4 is 5.32 Å². The van der Waals surface area contributed by atoms with Gasteiger partial charge in [-0.05, 0) is 43.4 Å². The van der Waals surface area contributed by atoms with Crippen molar-refractivity contribution in [2.75, 3.05) is 7.11 Å². The van der Waals surface area contributed by atoms with E-state index in [0.717, 1.165) is 17.9 Å². The van der Waals surface area contributed by atoms with Gasteiger partial charge in [0, 0.05) is 11.1 Å². The van der Waals surface area contributed by atoms with E-state index >= 15 is 0 Å². The van der Waals surface area contributed by atoms with Crippen molar-refractivity contribution in [3.8, 4) is 0 Å². The van der Waals surface area contributed by atoms with E-state index in [1.807, 2.05) is 24.3 Å². The molecule has 0 spiro atoms. The highest BCUT2D eigenvalue weighted by molar-refractivity contribution is 6.30. The van der Waals surface area contributed by atoms with Gasteiger partial charge in [-0.3, -0.25) is 4.79 Å². The number of rotatable bonds is 7. The summed E-state index contributed by atoms with van der Waals surface area (Å²) in [7, 11) is 1.43. The summed E-state index contributed by atoms with van der Waals surface area (Å²) in [5.74, 6) is 0.246. The Labute approximate surface area is 126 Å². The molecule has 112 valence electrons. The molecule has 0 fully saturated rings. The first-order valence-corrected chi connectivity index (χ1v) is 7.38. The van der Waals surface area contributed by atoms with Crippen molar-refractivity contribution in [1.29, 1.82) is 0 Å². The third-order valence-corrected chi connectivity index (χ3v) is 3.39. The number of esters is 1. The van der Waals surface area contributed by atoms with Crippen LogP contribution in [0.3, 0.4) is 0 Å². The lowest BCUT2D eigenvalue weighted by atomic mass is 10.0. The Hall–Kier alpha value is -1.06. The van der Waals surface area contributed by atoms with Gasteiger partial charge in [0.15, 0.2) is 0 Å². The van der Waals surface area contributed by atoms with Crippen LogP contribution in [0.15, 0.2) is 24.3 Å². The molecule has 1 aromatic carbocycles. The minimum absolute atomic E-state index is 0.193. The second-order valence-electron chi connectivity index (χ2n) is 5.60. The Morgan fingerprint density at radius 3 is 2.35 bits per heavy atom. The predicted molar refractivity (Wildman–Crippen MR) is 83.0 cm³/mol. The summed E-state index contributed by atoms with van der Waals surface area (Å²) in [6.45, 7) is 6.27. The van der Waals surface area contributed by atoms with Crippen LogP contribution in [0.5, 0.6) is 0 Å². The van der Waals surface area contributed by atoms with E-state index in [1.54, 1.807) is 0 Å². The van der Waals surface area contributed by atoms with Gasteiger partial charge in [0.25, 0.3) is 0 Å². The van der Waals surface area contributed by atoms with Crippen LogP contribution in [0.4, 0.5) is 0 Å². The van der Waals surface area contributed by atoms with Crippen LogP contribution in [-0.2, 0) is 16.0 Å². The Bertz CT molecular complexity index is 417. The summed E-state index contributed by atoms with van der Waals surface area (Å²) in [5.41, 5.74) is 1.20. The molecule has 1 rings (SSSR count). The minimum Gasteiger partial charge on any atom is -0.468 e. The standard InChI is InChI=1S/C16H24ClNO2/c1-11(2)9-15(16(19)20-4)18-12(3)10-13-5-7-14(17)8-6-13/h5-8,11-12,15,18H,9-10H2,1-4H3. The summed E-state index contributed by atoms with van der Waals surface area (Å²) in [6, 6.07) is 7.73. The van der Waals surface area contributed by atoms with Gasteiger partial charge >= 0.3 is 5.97 Å². The van der Waals surface area contributed by atoms with Crippen LogP contribution in [0.1, 0.15) is 32.8 Å². The molecular formula is C16H24ClNO2. The van der Waals surface area contributed by atoms with Gasteiger partial charge in [0.05, 0.1) is 7.11 Å². The molecule has 0 heterocycles. The highest BCUT2D eigenvalue weighted by Crippen LogP contribution is 2.12. The summed E-state index contributed by atoms with van der Waals surface area (Å²) in [6.07, 6.45) is 1.63. The van der Waals surface area contributed by atoms with Crippen molar-refractivity contribution in [1.82, 2.24) is 5.32 Å². The maximum atomic E-state index is 11.8. The number of ether oxygens (including phenoxy) is 1. The number of benzene rings is 1. The average Bonchev–Trinajstić information content (AvgIpc) is 2.39. The summed E-state index contributed by atoms with van der Waals surface area (Å²) < 4.78 is 4.86. The third kappa shape index (κ3) is 5.93. The van der Waals surface area contributed by atoms with Crippen molar-refractivity contribution in [2.45, 2.75) is 45.7 Å². The quantitative estimate of drug-likeness (QED) is 0.784. The average molecular weight is 298 g/mol. The Morgan fingerprint density at radius 1 is 1.25 bits per heavy atom. The normalized spacial score (nSPS) is 14.1. The fourth-order valence-electron chi connectivity index (χ4n) is 2.22. The van der Waals surface area contributed by atoms with Crippen molar-refractivity contribution in [3.63, 3.8) is 0 Å². The first-order valence-electron chi connectivity index (χ1n) is 7.00. The van der Waals surface area contributed by atoms with Gasteiger partial charge < -0.3 is 10.1 Å². The number of carbonyl (C=O) groups excluding carboxylic acids is 1. The molecule has 2 unspecified atom stereocenters. The topological polar surface area (TPSA) is 38.3 Å². The Balaban J connectivity index is 2.58. The molecule has 4 heteroatoms. The zero-order valence-corrected chi connectivity index (χ0v) is 13.4. The van der Waals surface area contributed by atoms with Crippen molar-refractivity contribution in [2.24, 2.45) is 5.92 Å². The number of halogens is 1. The smallest absolute Gasteiger partial charge is 0.322 e. The van der Waals surface area contributed by atoms with Gasteiger partial charge in [-0.15, -0.1) is 0 Å². The predicted octanol–water partition coefficient (Wildman–Crippen LogP) is 3.45. The number of carbonyl (C=O) groups is 1. The molecule has 0 aliphatic heterocycles. The van der Waals surface area contributed by atoms with E-state index in [9.17, 15) is 4.79 Å². The van der Waals surface area contributed by atoms with E-state index in [2.05, 4.69) is 26.1 Å². The molecule has 3 nitrogen and oxygen atoms in total. The SMILES string of the molecule is COC(=O)C(CC(C)C)NC(C)Cc1ccc(Cl)cc1. The molecule has 0 aliphatic rings. The first kappa shape index (κ1) is 17.0. The third-order valence-electron chi connectivity index (χ3n) is 3.13.